The van der Waals surface area contributed by atoms with E-state index in [9.17, 15) is 4.79 Å². The van der Waals surface area contributed by atoms with Crippen LogP contribution in [0.3, 0.4) is 0 Å². The van der Waals surface area contributed by atoms with Crippen molar-refractivity contribution in [1.82, 2.24) is 30.0 Å². The molecule has 4 aromatic rings. The van der Waals surface area contributed by atoms with Crippen molar-refractivity contribution in [2.45, 2.75) is 70.4 Å². The molecule has 174 valence electrons. The number of tetrazole rings is 1. The van der Waals surface area contributed by atoms with Gasteiger partial charge in [-0.25, -0.2) is 9.78 Å². The molecule has 0 spiro atoms. The Balaban J connectivity index is 1.34. The first kappa shape index (κ1) is 21.1. The quantitative estimate of drug-likeness (QED) is 0.421. The van der Waals surface area contributed by atoms with Gasteiger partial charge in [0, 0.05) is 23.2 Å². The topological polar surface area (TPSA) is 81.4 Å². The molecule has 1 saturated carbocycles. The first-order valence-electron chi connectivity index (χ1n) is 12.5. The number of aromatic amines is 1. The lowest BCUT2D eigenvalue weighted by Crippen LogP contribution is -2.39. The molecular weight excluding hydrogens is 424 g/mol. The summed E-state index contributed by atoms with van der Waals surface area (Å²) < 4.78 is 4.52. The van der Waals surface area contributed by atoms with Gasteiger partial charge in [0.1, 0.15) is 0 Å². The molecule has 0 amide bonds. The van der Waals surface area contributed by atoms with Crippen molar-refractivity contribution in [2.75, 3.05) is 0 Å². The van der Waals surface area contributed by atoms with Crippen molar-refractivity contribution in [3.63, 3.8) is 0 Å². The van der Waals surface area contributed by atoms with Gasteiger partial charge in [-0.15, -0.1) is 5.10 Å². The summed E-state index contributed by atoms with van der Waals surface area (Å²) >= 11 is 0. The summed E-state index contributed by atoms with van der Waals surface area (Å²) in [6.07, 6.45) is 8.68. The monoisotopic (exact) mass is 454 g/mol. The third-order valence-corrected chi connectivity index (χ3v) is 7.62. The summed E-state index contributed by atoms with van der Waals surface area (Å²) in [6.45, 7) is 2.22. The van der Waals surface area contributed by atoms with E-state index in [2.05, 4.69) is 67.2 Å². The summed E-state index contributed by atoms with van der Waals surface area (Å²) in [4.78, 5) is 13.6. The molecule has 1 fully saturated rings. The van der Waals surface area contributed by atoms with E-state index in [0.29, 0.717) is 24.3 Å². The van der Waals surface area contributed by atoms with Crippen molar-refractivity contribution in [3.05, 3.63) is 75.7 Å². The molecule has 2 aromatic carbocycles. The minimum atomic E-state index is 0.243. The van der Waals surface area contributed by atoms with Crippen LogP contribution in [0, 0.1) is 0 Å². The fourth-order valence-corrected chi connectivity index (χ4v) is 5.92. The predicted molar refractivity (Wildman–Crippen MR) is 132 cm³/mol. The highest BCUT2D eigenvalue weighted by atomic mass is 16.1. The van der Waals surface area contributed by atoms with E-state index in [0.717, 1.165) is 54.4 Å². The molecule has 0 radical (unpaired) electrons. The lowest BCUT2D eigenvalue weighted by atomic mass is 9.89. The van der Waals surface area contributed by atoms with Crippen LogP contribution in [-0.4, -0.2) is 30.0 Å². The highest BCUT2D eigenvalue weighted by molar-refractivity contribution is 5.80. The molecule has 3 aliphatic rings. The van der Waals surface area contributed by atoms with Crippen LogP contribution in [0.2, 0.25) is 0 Å². The molecule has 7 rings (SSSR count). The van der Waals surface area contributed by atoms with E-state index >= 15 is 0 Å². The summed E-state index contributed by atoms with van der Waals surface area (Å²) in [5, 5.41) is 14.4. The maximum absolute atomic E-state index is 13.6. The van der Waals surface area contributed by atoms with E-state index in [1.807, 2.05) is 18.2 Å². The van der Waals surface area contributed by atoms with Crippen LogP contribution in [0.5, 0.6) is 0 Å². The normalized spacial score (nSPS) is 18.9. The maximum Gasteiger partial charge on any atom is 0.270 e. The Bertz CT molecular complexity index is 1340. The van der Waals surface area contributed by atoms with Crippen molar-refractivity contribution >= 4 is 0 Å². The lowest BCUT2D eigenvalue weighted by Gasteiger charge is -2.40. The Labute approximate surface area is 198 Å². The highest BCUT2D eigenvalue weighted by Gasteiger charge is 2.36. The van der Waals surface area contributed by atoms with Crippen molar-refractivity contribution in [3.8, 4) is 22.5 Å². The summed E-state index contributed by atoms with van der Waals surface area (Å²) in [6, 6.07) is 17.6. The van der Waals surface area contributed by atoms with Crippen LogP contribution in [0.25, 0.3) is 22.5 Å². The van der Waals surface area contributed by atoms with Gasteiger partial charge in [0.15, 0.2) is 5.82 Å². The van der Waals surface area contributed by atoms with Gasteiger partial charge in [0.05, 0.1) is 12.1 Å². The highest BCUT2D eigenvalue weighted by Crippen LogP contribution is 2.42. The molecule has 2 bridgehead atoms. The molecular formula is C27H30N6O. The molecule has 2 aliphatic heterocycles. The molecule has 0 atom stereocenters. The second kappa shape index (κ2) is 8.70. The lowest BCUT2D eigenvalue weighted by molar-refractivity contribution is 0.136. The third-order valence-electron chi connectivity index (χ3n) is 7.62. The number of rotatable bonds is 7. The fourth-order valence-electron chi connectivity index (χ4n) is 5.92. The van der Waals surface area contributed by atoms with Crippen molar-refractivity contribution in [1.29, 1.82) is 0 Å². The third kappa shape index (κ3) is 3.50. The average molecular weight is 455 g/mol. The second-order valence-electron chi connectivity index (χ2n) is 9.65. The number of nitrogens with one attached hydrogen (secondary N) is 1. The van der Waals surface area contributed by atoms with Gasteiger partial charge in [-0.1, -0.05) is 61.9 Å². The number of nitrogens with zero attached hydrogens (tertiary/aromatic N) is 5. The number of benzene rings is 2. The van der Waals surface area contributed by atoms with Crippen LogP contribution in [-0.2, 0) is 12.8 Å². The molecule has 4 heterocycles. The molecule has 7 heteroatoms. The van der Waals surface area contributed by atoms with E-state index in [-0.39, 0.29) is 5.56 Å². The van der Waals surface area contributed by atoms with E-state index in [1.165, 1.54) is 24.1 Å². The Morgan fingerprint density at radius 2 is 1.65 bits per heavy atom. The zero-order valence-corrected chi connectivity index (χ0v) is 19.6. The van der Waals surface area contributed by atoms with Gasteiger partial charge in [0.2, 0.25) is 0 Å². The van der Waals surface area contributed by atoms with Gasteiger partial charge in [-0.2, -0.15) is 0 Å². The molecule has 1 N–H and O–H groups in total. The summed E-state index contributed by atoms with van der Waals surface area (Å²) in [5.41, 5.74) is 6.86. The van der Waals surface area contributed by atoms with E-state index < -0.39 is 0 Å². The zero-order chi connectivity index (χ0) is 23.1. The number of H-pyrrole nitrogens is 1. The number of aromatic nitrogens is 6. The summed E-state index contributed by atoms with van der Waals surface area (Å²) in [7, 11) is 0. The molecule has 2 aromatic heterocycles. The predicted octanol–water partition coefficient (Wildman–Crippen LogP) is 5.10. The molecule has 7 nitrogen and oxygen atoms in total. The van der Waals surface area contributed by atoms with Crippen LogP contribution >= 0.6 is 0 Å². The molecule has 1 aliphatic carbocycles. The zero-order valence-electron chi connectivity index (χ0n) is 19.6. The Morgan fingerprint density at radius 3 is 2.32 bits per heavy atom. The minimum absolute atomic E-state index is 0.243. The first-order valence-corrected chi connectivity index (χ1v) is 12.5. The van der Waals surface area contributed by atoms with Gasteiger partial charge in [-0.3, -0.25) is 9.48 Å². The maximum atomic E-state index is 13.6. The van der Waals surface area contributed by atoms with Crippen LogP contribution in [0.15, 0.2) is 53.3 Å². The average Bonchev–Trinajstić information content (AvgIpc) is 3.52. The van der Waals surface area contributed by atoms with Gasteiger partial charge in [0.25, 0.3) is 5.56 Å². The van der Waals surface area contributed by atoms with Crippen LogP contribution in [0.1, 0.15) is 74.4 Å². The Morgan fingerprint density at radius 1 is 0.941 bits per heavy atom. The summed E-state index contributed by atoms with van der Waals surface area (Å²) in [5.74, 6) is 0.655. The molecule has 0 unspecified atom stereocenters. The van der Waals surface area contributed by atoms with Gasteiger partial charge >= 0.3 is 0 Å². The first-order chi connectivity index (χ1) is 16.7. The fraction of sp³-hybridized carbons (Fsp3) is 0.407. The molecule has 34 heavy (non-hydrogen) atoms. The smallest absolute Gasteiger partial charge is 0.270 e. The number of hydrogen-bond donors (Lipinski definition) is 1. The van der Waals surface area contributed by atoms with Gasteiger partial charge in [-0.05, 0) is 65.6 Å². The number of unbranched alkanes of at least 4 members (excludes halogenated alkanes) is 1. The standard InChI is InChI=1S/C27H30N6O/c1-2-3-8-25-24(27(34)33-21-15-13-20(14-16-21)32(25)33)17-18-9-11-19(12-10-18)22-6-4-5-7-23(22)26-28-30-31-29-26/h4-7,9-12,20-21H,2-3,8,13-17H2,1H3,(H,28,29,30,31). The number of hydrogen-bond acceptors (Lipinski definition) is 4. The Kier molecular flexibility index (Phi) is 5.40. The number of fused-ring (bicyclic) bond motifs is 2. The van der Waals surface area contributed by atoms with Crippen LogP contribution < -0.4 is 5.56 Å². The SMILES string of the molecule is CCCCc1c(Cc2ccc(-c3ccccc3-c3nnn[nH]3)cc2)c(=O)n2n1C1CCC2CC1. The largest absolute Gasteiger partial charge is 0.283 e. The Hall–Kier alpha value is -3.48. The van der Waals surface area contributed by atoms with E-state index in [4.69, 9.17) is 0 Å². The van der Waals surface area contributed by atoms with Crippen LogP contribution in [0.4, 0.5) is 0 Å². The van der Waals surface area contributed by atoms with Crippen molar-refractivity contribution < 1.29 is 0 Å². The van der Waals surface area contributed by atoms with Gasteiger partial charge < -0.3 is 0 Å². The second-order valence-corrected chi connectivity index (χ2v) is 9.65. The van der Waals surface area contributed by atoms with Crippen molar-refractivity contribution in [2.24, 2.45) is 0 Å². The minimum Gasteiger partial charge on any atom is -0.283 e. The van der Waals surface area contributed by atoms with E-state index in [1.54, 1.807) is 0 Å². The molecule has 0 saturated heterocycles.